The first-order valence-electron chi connectivity index (χ1n) is 19.6. The molecule has 2 N–H and O–H groups in total. The van der Waals surface area contributed by atoms with Gasteiger partial charge in [-0.15, -0.1) is 0 Å². The number of hydrogen-bond donors (Lipinski definition) is 2. The fourth-order valence-corrected chi connectivity index (χ4v) is 8.40. The van der Waals surface area contributed by atoms with E-state index in [4.69, 9.17) is 23.9 Å². The average molecular weight is 789 g/mol. The van der Waals surface area contributed by atoms with Gasteiger partial charge in [-0.1, -0.05) is 60.7 Å². The Labute approximate surface area is 342 Å². The maximum Gasteiger partial charge on any atom is 0.260 e. The first kappa shape index (κ1) is 37.6. The molecule has 11 nitrogen and oxygen atoms in total. The fraction of sp³-hybridized carbons (Fsp3) is 0.229. The third-order valence-corrected chi connectivity index (χ3v) is 11.8. The van der Waals surface area contributed by atoms with Crippen LogP contribution in [0.15, 0.2) is 121 Å². The fourth-order valence-electron chi connectivity index (χ4n) is 8.40. The highest BCUT2D eigenvalue weighted by atomic mass is 16.5. The van der Waals surface area contributed by atoms with Gasteiger partial charge in [-0.25, -0.2) is 0 Å². The predicted octanol–water partition coefficient (Wildman–Crippen LogP) is 9.00. The van der Waals surface area contributed by atoms with Crippen LogP contribution in [0.1, 0.15) is 69.7 Å². The topological polar surface area (TPSA) is 122 Å². The third-order valence-electron chi connectivity index (χ3n) is 11.8. The van der Waals surface area contributed by atoms with Gasteiger partial charge in [0.15, 0.2) is 23.0 Å². The van der Waals surface area contributed by atoms with Crippen LogP contribution in [0.2, 0.25) is 0 Å². The van der Waals surface area contributed by atoms with E-state index < -0.39 is 5.54 Å². The summed E-state index contributed by atoms with van der Waals surface area (Å²) in [6.07, 6.45) is 7.06. The van der Waals surface area contributed by atoms with Gasteiger partial charge in [-0.3, -0.25) is 14.6 Å². The van der Waals surface area contributed by atoms with Crippen LogP contribution in [-0.2, 0) is 13.2 Å². The second-order valence-corrected chi connectivity index (χ2v) is 15.5. The van der Waals surface area contributed by atoms with Crippen LogP contribution in [0.3, 0.4) is 0 Å². The van der Waals surface area contributed by atoms with E-state index in [2.05, 4.69) is 31.3 Å². The highest BCUT2D eigenvalue weighted by molar-refractivity contribution is 6.06. The lowest BCUT2D eigenvalue weighted by atomic mass is 9.86. The second-order valence-electron chi connectivity index (χ2n) is 15.5. The lowest BCUT2D eigenvalue weighted by molar-refractivity contribution is 0.0677. The van der Waals surface area contributed by atoms with Crippen molar-refractivity contribution in [3.05, 3.63) is 149 Å². The highest BCUT2D eigenvalue weighted by Gasteiger charge is 2.47. The molecular weight excluding hydrogens is 745 g/mol. The molecule has 4 heterocycles. The van der Waals surface area contributed by atoms with Gasteiger partial charge in [0.2, 0.25) is 0 Å². The number of ether oxygens (including phenoxy) is 4. The Bertz CT molecular complexity index is 2570. The normalized spacial score (nSPS) is 20.3. The summed E-state index contributed by atoms with van der Waals surface area (Å²) in [5, 5.41) is 14.3. The SMILES string of the molecule is COc1cc2c(cc1OCc1cc(O)cc(COc3cc4c(cc3OC)C(=O)N3C=C(c5ccccc5)C[C@@]3(C)C(C)N4)c1)N=CC1CC(c3ccccc3)=CN1C2=O. The standard InChI is InChI=1S/C48H44N4O7/c1-29-48(2)23-35(33-13-9-6-10-14-33)26-52(48)47(55)39-20-43(57-4)45(22-41(39)50-29)59-28-31-15-30(16-37(53)17-31)27-58-44-21-40-38(19-42(44)56-3)46(54)51-25-34(18-36(51)24-49-40)32-11-7-5-8-12-32/h5-17,19-22,24-26,29,36,50,53H,18,23,27-28H2,1-4H3/t29?,36?,48-/m0/s1. The van der Waals surface area contributed by atoms with Gasteiger partial charge in [0.05, 0.1) is 48.3 Å². The number of carbonyl (C=O) groups is 2. The summed E-state index contributed by atoms with van der Waals surface area (Å²) >= 11 is 0. The van der Waals surface area contributed by atoms with Gasteiger partial charge in [0.1, 0.15) is 19.0 Å². The average Bonchev–Trinajstić information content (AvgIpc) is 3.81. The molecule has 0 bridgehead atoms. The number of phenolic OH excluding ortho intramolecular Hbond substituents is 1. The molecule has 0 saturated heterocycles. The molecule has 298 valence electrons. The minimum Gasteiger partial charge on any atom is -0.508 e. The number of amides is 2. The molecule has 11 heteroatoms. The Kier molecular flexibility index (Phi) is 9.59. The number of fused-ring (bicyclic) bond motifs is 4. The quantitative estimate of drug-likeness (QED) is 0.144. The molecule has 59 heavy (non-hydrogen) atoms. The molecule has 2 unspecified atom stereocenters. The molecule has 2 amide bonds. The van der Waals surface area contributed by atoms with E-state index in [1.54, 1.807) is 42.3 Å². The second kappa shape index (κ2) is 15.1. The first-order valence-corrected chi connectivity index (χ1v) is 19.6. The van der Waals surface area contributed by atoms with Gasteiger partial charge < -0.3 is 39.2 Å². The summed E-state index contributed by atoms with van der Waals surface area (Å²) in [6, 6.07) is 31.9. The molecule has 0 aromatic heterocycles. The van der Waals surface area contributed by atoms with E-state index in [0.29, 0.717) is 69.5 Å². The number of hydrogen-bond acceptors (Lipinski definition) is 9. The zero-order chi connectivity index (χ0) is 40.8. The molecule has 0 fully saturated rings. The Hall–Kier alpha value is -7.01. The Morgan fingerprint density at radius 2 is 1.36 bits per heavy atom. The van der Waals surface area contributed by atoms with Crippen molar-refractivity contribution in [2.24, 2.45) is 4.99 Å². The van der Waals surface area contributed by atoms with Crippen LogP contribution >= 0.6 is 0 Å². The molecule has 9 rings (SSSR count). The van der Waals surface area contributed by atoms with Crippen LogP contribution in [0.4, 0.5) is 11.4 Å². The minimum absolute atomic E-state index is 0.0454. The van der Waals surface area contributed by atoms with Crippen molar-refractivity contribution in [1.82, 2.24) is 9.80 Å². The predicted molar refractivity (Wildman–Crippen MR) is 227 cm³/mol. The lowest BCUT2D eigenvalue weighted by Crippen LogP contribution is -2.51. The Balaban J connectivity index is 0.910. The number of methoxy groups -OCH3 is 2. The van der Waals surface area contributed by atoms with Gasteiger partial charge >= 0.3 is 0 Å². The number of aromatic hydroxyl groups is 1. The molecule has 0 radical (unpaired) electrons. The summed E-state index contributed by atoms with van der Waals surface area (Å²) in [5.74, 6) is 1.42. The molecule has 5 aromatic carbocycles. The number of aliphatic imine (C=N–C) groups is 1. The Morgan fingerprint density at radius 1 is 0.746 bits per heavy atom. The van der Waals surface area contributed by atoms with Gasteiger partial charge in [-0.2, -0.15) is 0 Å². The van der Waals surface area contributed by atoms with Crippen molar-refractivity contribution in [2.75, 3.05) is 19.5 Å². The van der Waals surface area contributed by atoms with Crippen LogP contribution in [0, 0.1) is 0 Å². The molecule has 0 aliphatic carbocycles. The van der Waals surface area contributed by atoms with E-state index >= 15 is 0 Å². The van der Waals surface area contributed by atoms with Crippen LogP contribution < -0.4 is 24.3 Å². The number of benzene rings is 5. The van der Waals surface area contributed by atoms with Crippen LogP contribution in [0.25, 0.3) is 11.1 Å². The highest BCUT2D eigenvalue weighted by Crippen LogP contribution is 2.46. The minimum atomic E-state index is -0.495. The van der Waals surface area contributed by atoms with E-state index in [0.717, 1.165) is 22.3 Å². The third kappa shape index (κ3) is 6.92. The maximum absolute atomic E-state index is 14.2. The maximum atomic E-state index is 14.2. The van der Waals surface area contributed by atoms with E-state index in [9.17, 15) is 14.7 Å². The molecule has 4 aliphatic rings. The first-order chi connectivity index (χ1) is 28.6. The molecule has 4 aliphatic heterocycles. The molecule has 3 atom stereocenters. The zero-order valence-electron chi connectivity index (χ0n) is 33.3. The molecule has 5 aromatic rings. The van der Waals surface area contributed by atoms with Gasteiger partial charge in [0.25, 0.3) is 11.8 Å². The van der Waals surface area contributed by atoms with Gasteiger partial charge in [0, 0.05) is 43.2 Å². The number of nitrogens with zero attached hydrogens (tertiary/aromatic N) is 3. The summed E-state index contributed by atoms with van der Waals surface area (Å²) in [7, 11) is 3.07. The van der Waals surface area contributed by atoms with Gasteiger partial charge in [-0.05, 0) is 84.0 Å². The summed E-state index contributed by atoms with van der Waals surface area (Å²) < 4.78 is 24.0. The number of nitrogens with one attached hydrogen (secondary N) is 1. The number of carbonyl (C=O) groups excluding carboxylic acids is 2. The smallest absolute Gasteiger partial charge is 0.260 e. The zero-order valence-corrected chi connectivity index (χ0v) is 33.3. The van der Waals surface area contributed by atoms with Crippen molar-refractivity contribution in [2.45, 2.75) is 57.5 Å². The summed E-state index contributed by atoms with van der Waals surface area (Å²) in [6.45, 7) is 4.39. The van der Waals surface area contributed by atoms with Crippen molar-refractivity contribution in [3.63, 3.8) is 0 Å². The number of phenols is 1. The molecule has 0 saturated carbocycles. The lowest BCUT2D eigenvalue weighted by Gasteiger charge is -2.38. The van der Waals surface area contributed by atoms with E-state index in [1.165, 1.54) is 7.11 Å². The molecular formula is C48H44N4O7. The van der Waals surface area contributed by atoms with Crippen LogP contribution in [0.5, 0.6) is 28.7 Å². The monoisotopic (exact) mass is 788 g/mol. The number of rotatable bonds is 10. The van der Waals surface area contributed by atoms with Crippen molar-refractivity contribution in [3.8, 4) is 28.7 Å². The molecule has 0 spiro atoms. The van der Waals surface area contributed by atoms with Crippen LogP contribution in [-0.4, -0.2) is 64.8 Å². The van der Waals surface area contributed by atoms with Crippen molar-refractivity contribution < 1.29 is 33.6 Å². The summed E-state index contributed by atoms with van der Waals surface area (Å²) in [5.41, 5.74) is 7.30. The largest absolute Gasteiger partial charge is 0.508 e. The van der Waals surface area contributed by atoms with E-state index in [1.807, 2.05) is 84.2 Å². The van der Waals surface area contributed by atoms with Crippen molar-refractivity contribution in [1.29, 1.82) is 0 Å². The Morgan fingerprint density at radius 3 is 2.00 bits per heavy atom. The van der Waals surface area contributed by atoms with E-state index in [-0.39, 0.29) is 42.9 Å². The number of anilines is 1. The van der Waals surface area contributed by atoms with Crippen molar-refractivity contribution >= 4 is 40.5 Å². The summed E-state index contributed by atoms with van der Waals surface area (Å²) in [4.78, 5) is 36.2.